The number of hydrogen-bond acceptors (Lipinski definition) is 2. The summed E-state index contributed by atoms with van der Waals surface area (Å²) in [5.41, 5.74) is -0.473. The highest BCUT2D eigenvalue weighted by molar-refractivity contribution is 5.89. The van der Waals surface area contributed by atoms with Gasteiger partial charge < -0.3 is 4.74 Å². The van der Waals surface area contributed by atoms with E-state index in [0.29, 0.717) is 0 Å². The van der Waals surface area contributed by atoms with Crippen LogP contribution in [0.15, 0.2) is 11.6 Å². The first-order chi connectivity index (χ1) is 6.90. The third-order valence-electron chi connectivity index (χ3n) is 1.33. The number of esters is 1. The minimum absolute atomic E-state index is 0.0353. The molecule has 0 aliphatic heterocycles. The maximum absolute atomic E-state index is 12.0. The van der Waals surface area contributed by atoms with Gasteiger partial charge in [-0.15, -0.1) is 5.92 Å². The standard InChI is InChI=1S/C10H11F3O2/c1-3-5-6-8(7-10(11,12)13)9(14)15-4-2/h7H,4,6H2,1-2H3/b8-7+. The average molecular weight is 220 g/mol. The van der Waals surface area contributed by atoms with Gasteiger partial charge in [0, 0.05) is 12.5 Å². The fraction of sp³-hybridized carbons (Fsp3) is 0.500. The Balaban J connectivity index is 4.77. The fourth-order valence-corrected chi connectivity index (χ4v) is 0.787. The molecule has 15 heavy (non-hydrogen) atoms. The summed E-state index contributed by atoms with van der Waals surface area (Å²) in [5, 5.41) is 0. The molecule has 0 aromatic heterocycles. The quantitative estimate of drug-likeness (QED) is 0.415. The molecule has 0 saturated carbocycles. The van der Waals surface area contributed by atoms with Gasteiger partial charge in [0.1, 0.15) is 0 Å². The first-order valence-corrected chi connectivity index (χ1v) is 4.26. The maximum atomic E-state index is 12.0. The monoisotopic (exact) mass is 220 g/mol. The van der Waals surface area contributed by atoms with Crippen LogP contribution in [0, 0.1) is 11.8 Å². The molecule has 0 unspecified atom stereocenters. The van der Waals surface area contributed by atoms with Crippen molar-refractivity contribution in [2.75, 3.05) is 6.61 Å². The van der Waals surface area contributed by atoms with Gasteiger partial charge in [0.15, 0.2) is 0 Å². The van der Waals surface area contributed by atoms with Gasteiger partial charge in [-0.3, -0.25) is 0 Å². The number of alkyl halides is 3. The molecule has 0 aliphatic carbocycles. The zero-order chi connectivity index (χ0) is 11.9. The number of carbonyl (C=O) groups excluding carboxylic acids is 1. The third-order valence-corrected chi connectivity index (χ3v) is 1.33. The highest BCUT2D eigenvalue weighted by Gasteiger charge is 2.26. The lowest BCUT2D eigenvalue weighted by molar-refractivity contribution is -0.139. The molecule has 84 valence electrons. The molecule has 5 heteroatoms. The van der Waals surface area contributed by atoms with Crippen LogP contribution in [0.4, 0.5) is 13.2 Å². The summed E-state index contributed by atoms with van der Waals surface area (Å²) in [4.78, 5) is 11.1. The minimum atomic E-state index is -4.53. The van der Waals surface area contributed by atoms with Crippen LogP contribution < -0.4 is 0 Å². The van der Waals surface area contributed by atoms with Gasteiger partial charge in [-0.05, 0) is 13.8 Å². The van der Waals surface area contributed by atoms with Gasteiger partial charge in [-0.2, -0.15) is 13.2 Å². The molecule has 0 saturated heterocycles. The van der Waals surface area contributed by atoms with Gasteiger partial charge >= 0.3 is 12.1 Å². The Morgan fingerprint density at radius 2 is 2.07 bits per heavy atom. The van der Waals surface area contributed by atoms with Gasteiger partial charge in [-0.25, -0.2) is 4.79 Å². The SMILES string of the molecule is CC#CC/C(=C\C(F)(F)F)C(=O)OCC. The Kier molecular flexibility index (Phi) is 5.53. The van der Waals surface area contributed by atoms with Crippen molar-refractivity contribution in [2.24, 2.45) is 0 Å². The molecule has 0 bridgehead atoms. The van der Waals surface area contributed by atoms with Crippen molar-refractivity contribution in [1.29, 1.82) is 0 Å². The molecule has 0 fully saturated rings. The normalized spacial score (nSPS) is 11.7. The molecule has 0 rings (SSSR count). The maximum Gasteiger partial charge on any atom is 0.410 e. The van der Waals surface area contributed by atoms with Crippen molar-refractivity contribution < 1.29 is 22.7 Å². The van der Waals surface area contributed by atoms with Crippen LogP contribution in [0.25, 0.3) is 0 Å². The lowest BCUT2D eigenvalue weighted by atomic mass is 10.2. The minimum Gasteiger partial charge on any atom is -0.463 e. The molecule has 0 N–H and O–H groups in total. The number of halogens is 3. The van der Waals surface area contributed by atoms with Crippen molar-refractivity contribution in [3.8, 4) is 11.8 Å². The number of allylic oxidation sites excluding steroid dienone is 1. The van der Waals surface area contributed by atoms with Crippen LogP contribution in [-0.2, 0) is 9.53 Å². The summed E-state index contributed by atoms with van der Waals surface area (Å²) in [7, 11) is 0. The van der Waals surface area contributed by atoms with E-state index in [9.17, 15) is 18.0 Å². The highest BCUT2D eigenvalue weighted by Crippen LogP contribution is 2.20. The first-order valence-electron chi connectivity index (χ1n) is 4.26. The number of ether oxygens (including phenoxy) is 1. The predicted octanol–water partition coefficient (Wildman–Crippen LogP) is 2.45. The zero-order valence-corrected chi connectivity index (χ0v) is 8.44. The number of hydrogen-bond donors (Lipinski definition) is 0. The fourth-order valence-electron chi connectivity index (χ4n) is 0.787. The van der Waals surface area contributed by atoms with E-state index in [0.717, 1.165) is 0 Å². The van der Waals surface area contributed by atoms with Crippen LogP contribution in [0.1, 0.15) is 20.3 Å². The van der Waals surface area contributed by atoms with E-state index < -0.39 is 17.7 Å². The van der Waals surface area contributed by atoms with Gasteiger partial charge in [0.25, 0.3) is 0 Å². The van der Waals surface area contributed by atoms with Crippen LogP contribution in [-0.4, -0.2) is 18.8 Å². The Morgan fingerprint density at radius 1 is 1.47 bits per heavy atom. The van der Waals surface area contributed by atoms with E-state index in [-0.39, 0.29) is 19.1 Å². The Morgan fingerprint density at radius 3 is 2.47 bits per heavy atom. The predicted molar refractivity (Wildman–Crippen MR) is 48.8 cm³/mol. The summed E-state index contributed by atoms with van der Waals surface area (Å²) in [6.07, 6.45) is -4.86. The van der Waals surface area contributed by atoms with Crippen molar-refractivity contribution in [2.45, 2.75) is 26.4 Å². The van der Waals surface area contributed by atoms with Crippen LogP contribution in [0.2, 0.25) is 0 Å². The summed E-state index contributed by atoms with van der Waals surface area (Å²) in [6.45, 7) is 3.04. The van der Waals surface area contributed by atoms with Crippen molar-refractivity contribution in [1.82, 2.24) is 0 Å². The molecular weight excluding hydrogens is 209 g/mol. The largest absolute Gasteiger partial charge is 0.463 e. The smallest absolute Gasteiger partial charge is 0.410 e. The first kappa shape index (κ1) is 13.6. The van der Waals surface area contributed by atoms with Gasteiger partial charge in [0.05, 0.1) is 12.2 Å². The van der Waals surface area contributed by atoms with Gasteiger partial charge in [-0.1, -0.05) is 5.92 Å². The zero-order valence-electron chi connectivity index (χ0n) is 8.44. The summed E-state index contributed by atoms with van der Waals surface area (Å²) in [5.74, 6) is 3.83. The Bertz CT molecular complexity index is 305. The summed E-state index contributed by atoms with van der Waals surface area (Å²) in [6, 6.07) is 0. The van der Waals surface area contributed by atoms with Crippen molar-refractivity contribution >= 4 is 5.97 Å². The molecule has 0 aliphatic rings. The molecule has 0 aromatic carbocycles. The van der Waals surface area contributed by atoms with Crippen molar-refractivity contribution in [3.63, 3.8) is 0 Å². The van der Waals surface area contributed by atoms with Gasteiger partial charge in [0.2, 0.25) is 0 Å². The molecule has 0 aromatic rings. The second-order valence-corrected chi connectivity index (χ2v) is 2.54. The van der Waals surface area contributed by atoms with E-state index in [4.69, 9.17) is 0 Å². The van der Waals surface area contributed by atoms with Crippen LogP contribution in [0.3, 0.4) is 0 Å². The summed E-state index contributed by atoms with van der Waals surface area (Å²) < 4.78 is 40.5. The van der Waals surface area contributed by atoms with E-state index >= 15 is 0 Å². The molecule has 0 heterocycles. The Labute approximate surface area is 86.1 Å². The molecule has 0 spiro atoms. The molecule has 0 amide bonds. The highest BCUT2D eigenvalue weighted by atomic mass is 19.4. The van der Waals surface area contributed by atoms with Crippen LogP contribution >= 0.6 is 0 Å². The summed E-state index contributed by atoms with van der Waals surface area (Å²) >= 11 is 0. The molecule has 0 atom stereocenters. The number of carbonyl (C=O) groups is 1. The topological polar surface area (TPSA) is 26.3 Å². The second-order valence-electron chi connectivity index (χ2n) is 2.54. The average Bonchev–Trinajstić information content (AvgIpc) is 2.10. The van der Waals surface area contributed by atoms with E-state index in [1.54, 1.807) is 0 Å². The van der Waals surface area contributed by atoms with E-state index in [1.807, 2.05) is 0 Å². The Hall–Kier alpha value is -1.44. The molecule has 0 radical (unpaired) electrons. The third kappa shape index (κ3) is 6.61. The van der Waals surface area contributed by atoms with Crippen LogP contribution in [0.5, 0.6) is 0 Å². The second kappa shape index (κ2) is 6.12. The van der Waals surface area contributed by atoms with Crippen molar-refractivity contribution in [3.05, 3.63) is 11.6 Å². The number of rotatable bonds is 3. The molecular formula is C10H11F3O2. The lowest BCUT2D eigenvalue weighted by Crippen LogP contribution is -2.12. The lowest BCUT2D eigenvalue weighted by Gasteiger charge is -2.05. The molecule has 2 nitrogen and oxygen atoms in total. The van der Waals surface area contributed by atoms with E-state index in [2.05, 4.69) is 16.6 Å². The van der Waals surface area contributed by atoms with E-state index in [1.165, 1.54) is 13.8 Å².